The molecule has 5 atom stereocenters. The molecule has 0 spiro atoms. The third-order valence-electron chi connectivity index (χ3n) is 7.75. The Kier molecular flexibility index (Phi) is 5.95. The summed E-state index contributed by atoms with van der Waals surface area (Å²) in [5, 5.41) is 1.20. The Bertz CT molecular complexity index is 1090. The maximum Gasteiger partial charge on any atom is 0.135 e. The average molecular weight is 426 g/mol. The van der Waals surface area contributed by atoms with E-state index in [1.807, 2.05) is 12.3 Å². The predicted molar refractivity (Wildman–Crippen MR) is 131 cm³/mol. The van der Waals surface area contributed by atoms with Crippen LogP contribution in [0.15, 0.2) is 92.2 Å². The molecule has 2 aromatic carbocycles. The highest BCUT2D eigenvalue weighted by atomic mass is 16.5. The van der Waals surface area contributed by atoms with Crippen molar-refractivity contribution in [3.05, 3.63) is 103 Å². The highest BCUT2D eigenvalue weighted by Crippen LogP contribution is 2.49. The van der Waals surface area contributed by atoms with Crippen LogP contribution in [0.4, 0.5) is 0 Å². The molecule has 2 bridgehead atoms. The number of nitrogens with zero attached hydrogens (tertiary/aromatic N) is 2. The zero-order valence-corrected chi connectivity index (χ0v) is 18.8. The number of pyridine rings is 1. The van der Waals surface area contributed by atoms with Gasteiger partial charge in [0.15, 0.2) is 0 Å². The second-order valence-corrected chi connectivity index (χ2v) is 9.48. The minimum absolute atomic E-state index is 0.0122. The third-order valence-corrected chi connectivity index (χ3v) is 7.75. The summed E-state index contributed by atoms with van der Waals surface area (Å²) in [5.41, 5.74) is 3.70. The van der Waals surface area contributed by atoms with E-state index in [9.17, 15) is 0 Å². The van der Waals surface area contributed by atoms with Crippen molar-refractivity contribution in [1.29, 1.82) is 0 Å². The van der Waals surface area contributed by atoms with Crippen LogP contribution in [0.1, 0.15) is 30.1 Å². The summed E-state index contributed by atoms with van der Waals surface area (Å²) in [6.07, 6.45) is 8.47. The van der Waals surface area contributed by atoms with Crippen molar-refractivity contribution in [3.8, 4) is 0 Å². The van der Waals surface area contributed by atoms with Crippen LogP contribution in [0.3, 0.4) is 0 Å². The molecule has 164 valence electrons. The maximum atomic E-state index is 6.62. The number of aromatic nitrogens is 1. The van der Waals surface area contributed by atoms with Crippen LogP contribution >= 0.6 is 0 Å². The molecule has 3 heteroatoms. The summed E-state index contributed by atoms with van der Waals surface area (Å²) < 4.78 is 7.69. The minimum atomic E-state index is 0.0122. The van der Waals surface area contributed by atoms with Crippen LogP contribution in [0.2, 0.25) is 0 Å². The van der Waals surface area contributed by atoms with Crippen molar-refractivity contribution in [1.82, 2.24) is 4.98 Å². The maximum absolute atomic E-state index is 6.62. The first kappa shape index (κ1) is 21.1. The van der Waals surface area contributed by atoms with Gasteiger partial charge in [-0.05, 0) is 23.6 Å². The van der Waals surface area contributed by atoms with Crippen LogP contribution in [0.5, 0.6) is 0 Å². The number of piperidine rings is 3. The zero-order chi connectivity index (χ0) is 22.0. The molecule has 0 N–H and O–H groups in total. The number of fused-ring (bicyclic) bond motifs is 4. The average Bonchev–Trinajstić information content (AvgIpc) is 2.85. The van der Waals surface area contributed by atoms with Crippen molar-refractivity contribution in [2.45, 2.75) is 31.5 Å². The van der Waals surface area contributed by atoms with Gasteiger partial charge in [0.25, 0.3) is 0 Å². The van der Waals surface area contributed by atoms with Gasteiger partial charge in [-0.2, -0.15) is 0 Å². The number of benzene rings is 2. The number of para-hydroxylation sites is 1. The smallest absolute Gasteiger partial charge is 0.135 e. The lowest BCUT2D eigenvalue weighted by atomic mass is 9.71. The van der Waals surface area contributed by atoms with Gasteiger partial charge in [0.05, 0.1) is 25.2 Å². The van der Waals surface area contributed by atoms with E-state index < -0.39 is 0 Å². The van der Waals surface area contributed by atoms with Crippen molar-refractivity contribution in [2.75, 3.05) is 19.7 Å². The Morgan fingerprint density at radius 3 is 2.69 bits per heavy atom. The van der Waals surface area contributed by atoms with Gasteiger partial charge in [0.1, 0.15) is 18.7 Å². The standard InChI is InChI=1S/C29H33N2O/c1-3-18-32-29(26-14-16-30-27-13-9-8-12-25(26)27)28-19-24-15-17-31(28,21-23(24)4-2)20-22-10-6-5-7-11-22/h3-14,16,23-24,28-29H,1-2,15,17-21H2/q+1/t23-,24-,28+,29+,31+/m0/s1. The summed E-state index contributed by atoms with van der Waals surface area (Å²) >= 11 is 0. The summed E-state index contributed by atoms with van der Waals surface area (Å²) in [4.78, 5) is 4.61. The fourth-order valence-electron chi connectivity index (χ4n) is 6.26. The van der Waals surface area contributed by atoms with Crippen molar-refractivity contribution >= 4 is 10.9 Å². The third kappa shape index (κ3) is 3.80. The summed E-state index contributed by atoms with van der Waals surface area (Å²) in [6, 6.07) is 22.0. The van der Waals surface area contributed by atoms with Crippen LogP contribution in [0.25, 0.3) is 10.9 Å². The van der Waals surface area contributed by atoms with Crippen molar-refractivity contribution in [3.63, 3.8) is 0 Å². The second kappa shape index (κ2) is 9.01. The van der Waals surface area contributed by atoms with E-state index >= 15 is 0 Å². The van der Waals surface area contributed by atoms with Gasteiger partial charge in [-0.1, -0.05) is 60.7 Å². The van der Waals surface area contributed by atoms with Gasteiger partial charge in [-0.15, -0.1) is 13.2 Å². The molecule has 0 aliphatic carbocycles. The SMILES string of the molecule is C=CCO[C@H](c1ccnc2ccccc12)[C@H]1C[C@@H]2CC[N@@+]1(Cc1ccccc1)C[C@@H]2C=C. The van der Waals surface area contributed by atoms with Crippen molar-refractivity contribution in [2.24, 2.45) is 11.8 Å². The van der Waals surface area contributed by atoms with Gasteiger partial charge in [-0.3, -0.25) is 4.98 Å². The first-order valence-electron chi connectivity index (χ1n) is 11.8. The largest absolute Gasteiger partial charge is 0.363 e. The van der Waals surface area contributed by atoms with E-state index in [4.69, 9.17) is 4.74 Å². The molecule has 1 aromatic heterocycles. The molecule has 3 nitrogen and oxygen atoms in total. The molecular weight excluding hydrogens is 392 g/mol. The van der Waals surface area contributed by atoms with Crippen LogP contribution < -0.4 is 0 Å². The van der Waals surface area contributed by atoms with E-state index in [0.29, 0.717) is 24.5 Å². The Hall–Kier alpha value is -2.75. The van der Waals surface area contributed by atoms with Gasteiger partial charge < -0.3 is 9.22 Å². The summed E-state index contributed by atoms with van der Waals surface area (Å²) in [7, 11) is 0. The van der Waals surface area contributed by atoms with Gasteiger partial charge in [0.2, 0.25) is 0 Å². The number of hydrogen-bond acceptors (Lipinski definition) is 2. The first-order chi connectivity index (χ1) is 15.7. The molecule has 6 rings (SSSR count). The summed E-state index contributed by atoms with van der Waals surface area (Å²) in [6.45, 7) is 12.1. The summed E-state index contributed by atoms with van der Waals surface area (Å²) in [5.74, 6) is 1.27. The Morgan fingerprint density at radius 2 is 1.88 bits per heavy atom. The van der Waals surface area contributed by atoms with Gasteiger partial charge in [-0.25, -0.2) is 0 Å². The minimum Gasteiger partial charge on any atom is -0.363 e. The zero-order valence-electron chi connectivity index (χ0n) is 18.8. The molecule has 3 aliphatic rings. The predicted octanol–water partition coefficient (Wildman–Crippen LogP) is 6.09. The molecule has 3 aromatic rings. The fourth-order valence-corrected chi connectivity index (χ4v) is 6.26. The first-order valence-corrected chi connectivity index (χ1v) is 11.8. The van der Waals surface area contributed by atoms with E-state index in [1.165, 1.54) is 35.9 Å². The highest BCUT2D eigenvalue weighted by molar-refractivity contribution is 5.82. The number of hydrogen-bond donors (Lipinski definition) is 0. The Morgan fingerprint density at radius 1 is 1.06 bits per heavy atom. The monoisotopic (exact) mass is 425 g/mol. The number of rotatable bonds is 8. The van der Waals surface area contributed by atoms with Crippen LogP contribution in [0, 0.1) is 11.8 Å². The topological polar surface area (TPSA) is 22.1 Å². The molecule has 3 aliphatic heterocycles. The van der Waals surface area contributed by atoms with Crippen LogP contribution in [-0.2, 0) is 11.3 Å². The molecule has 32 heavy (non-hydrogen) atoms. The van der Waals surface area contributed by atoms with E-state index in [2.05, 4.69) is 84.9 Å². The fraction of sp³-hybridized carbons (Fsp3) is 0.345. The van der Waals surface area contributed by atoms with E-state index in [-0.39, 0.29) is 6.10 Å². The molecule has 3 saturated heterocycles. The lowest BCUT2D eigenvalue weighted by molar-refractivity contribution is -0.985. The number of ether oxygens (including phenoxy) is 1. The van der Waals surface area contributed by atoms with Crippen LogP contribution in [-0.4, -0.2) is 35.2 Å². The van der Waals surface area contributed by atoms with E-state index in [1.54, 1.807) is 0 Å². The van der Waals surface area contributed by atoms with E-state index in [0.717, 1.165) is 23.1 Å². The lowest BCUT2D eigenvalue weighted by Gasteiger charge is -2.58. The molecule has 0 radical (unpaired) electrons. The van der Waals surface area contributed by atoms with Gasteiger partial charge in [0, 0.05) is 35.9 Å². The van der Waals surface area contributed by atoms with Gasteiger partial charge >= 0.3 is 0 Å². The molecule has 0 saturated carbocycles. The Labute approximate surface area is 191 Å². The quantitative estimate of drug-likeness (QED) is 0.322. The lowest BCUT2D eigenvalue weighted by Crippen LogP contribution is -2.67. The molecule has 0 amide bonds. The number of quaternary nitrogens is 1. The second-order valence-electron chi connectivity index (χ2n) is 9.48. The highest BCUT2D eigenvalue weighted by Gasteiger charge is 2.54. The molecule has 3 fully saturated rings. The van der Waals surface area contributed by atoms with Crippen molar-refractivity contribution < 1.29 is 9.22 Å². The molecular formula is C29H33N2O+. The molecule has 0 unspecified atom stereocenters. The normalized spacial score (nSPS) is 27.8. The molecule has 4 heterocycles. The Balaban J connectivity index is 1.60.